The monoisotopic (exact) mass is 299 g/mol. The van der Waals surface area contributed by atoms with Gasteiger partial charge in [-0.2, -0.15) is 4.31 Å². The van der Waals surface area contributed by atoms with Gasteiger partial charge < -0.3 is 10.1 Å². The molecule has 1 unspecified atom stereocenters. The Kier molecular flexibility index (Phi) is 4.95. The zero-order valence-corrected chi connectivity index (χ0v) is 12.7. The molecule has 0 bridgehead atoms. The van der Waals surface area contributed by atoms with Gasteiger partial charge in [0, 0.05) is 26.4 Å². The summed E-state index contributed by atoms with van der Waals surface area (Å²) in [6.45, 7) is 3.95. The lowest BCUT2D eigenvalue weighted by molar-refractivity contribution is 0.181. The van der Waals surface area contributed by atoms with Crippen molar-refractivity contribution in [3.8, 4) is 0 Å². The number of hydrogen-bond acceptors (Lipinski definition) is 5. The van der Waals surface area contributed by atoms with Crippen LogP contribution in [0.2, 0.25) is 0 Å². The van der Waals surface area contributed by atoms with E-state index in [0.717, 1.165) is 19.4 Å². The molecule has 0 radical (unpaired) electrons. The number of ether oxygens (including phenoxy) is 1. The van der Waals surface area contributed by atoms with E-state index in [1.54, 1.807) is 19.2 Å². The van der Waals surface area contributed by atoms with E-state index < -0.39 is 10.0 Å². The fraction of sp³-hybridized carbons (Fsp3) is 0.615. The normalized spacial score (nSPS) is 19.4. The summed E-state index contributed by atoms with van der Waals surface area (Å²) in [5.41, 5.74) is 0. The maximum absolute atomic E-state index is 12.5. The van der Waals surface area contributed by atoms with E-state index >= 15 is 0 Å². The predicted octanol–water partition coefficient (Wildman–Crippen LogP) is 1.31. The van der Waals surface area contributed by atoms with Gasteiger partial charge in [-0.25, -0.2) is 13.4 Å². The van der Waals surface area contributed by atoms with Crippen molar-refractivity contribution >= 4 is 15.8 Å². The Bertz CT molecular complexity index is 524. The molecule has 1 aromatic rings. The molecule has 1 aliphatic rings. The summed E-state index contributed by atoms with van der Waals surface area (Å²) in [7, 11) is -1.90. The molecule has 1 aromatic heterocycles. The molecule has 0 spiro atoms. The SMILES string of the molecule is CCCNc1ccc(S(=O)(=O)N(C)C2CCOC2)cn1. The third kappa shape index (κ3) is 3.28. The molecular formula is C13H21N3O3S. The van der Waals surface area contributed by atoms with Gasteiger partial charge in [-0.05, 0) is 25.0 Å². The van der Waals surface area contributed by atoms with Crippen LogP contribution in [0.1, 0.15) is 19.8 Å². The summed E-state index contributed by atoms with van der Waals surface area (Å²) < 4.78 is 31.5. The molecule has 112 valence electrons. The Morgan fingerprint density at radius 2 is 2.30 bits per heavy atom. The molecule has 20 heavy (non-hydrogen) atoms. The lowest BCUT2D eigenvalue weighted by atomic mass is 10.3. The van der Waals surface area contributed by atoms with Crippen LogP contribution >= 0.6 is 0 Å². The Morgan fingerprint density at radius 1 is 1.50 bits per heavy atom. The number of nitrogens with zero attached hydrogens (tertiary/aromatic N) is 2. The fourth-order valence-corrected chi connectivity index (χ4v) is 3.38. The number of pyridine rings is 1. The highest BCUT2D eigenvalue weighted by Crippen LogP contribution is 2.21. The van der Waals surface area contributed by atoms with Crippen LogP contribution in [-0.2, 0) is 14.8 Å². The third-order valence-corrected chi connectivity index (χ3v) is 5.28. The van der Waals surface area contributed by atoms with Crippen LogP contribution in [0.25, 0.3) is 0 Å². The maximum Gasteiger partial charge on any atom is 0.244 e. The lowest BCUT2D eigenvalue weighted by Gasteiger charge is -2.22. The van der Waals surface area contributed by atoms with Crippen molar-refractivity contribution in [1.82, 2.24) is 9.29 Å². The Hall–Kier alpha value is -1.18. The van der Waals surface area contributed by atoms with Gasteiger partial charge in [-0.15, -0.1) is 0 Å². The molecule has 1 saturated heterocycles. The van der Waals surface area contributed by atoms with Gasteiger partial charge in [0.25, 0.3) is 0 Å². The first-order chi connectivity index (χ1) is 9.55. The number of anilines is 1. The zero-order chi connectivity index (χ0) is 14.6. The molecule has 2 rings (SSSR count). The second-order valence-corrected chi connectivity index (χ2v) is 6.84. The minimum atomic E-state index is -3.50. The van der Waals surface area contributed by atoms with E-state index in [4.69, 9.17) is 4.74 Å². The predicted molar refractivity (Wildman–Crippen MR) is 77.2 cm³/mol. The Morgan fingerprint density at radius 3 is 2.85 bits per heavy atom. The molecule has 6 nitrogen and oxygen atoms in total. The van der Waals surface area contributed by atoms with E-state index in [1.807, 2.05) is 0 Å². The van der Waals surface area contributed by atoms with E-state index in [1.165, 1.54) is 10.5 Å². The Balaban J connectivity index is 2.12. The van der Waals surface area contributed by atoms with Gasteiger partial charge in [0.05, 0.1) is 12.6 Å². The van der Waals surface area contributed by atoms with Gasteiger partial charge in [0.1, 0.15) is 10.7 Å². The van der Waals surface area contributed by atoms with Crippen LogP contribution < -0.4 is 5.32 Å². The first-order valence-corrected chi connectivity index (χ1v) is 8.25. The summed E-state index contributed by atoms with van der Waals surface area (Å²) >= 11 is 0. The van der Waals surface area contributed by atoms with Crippen LogP contribution in [-0.4, -0.2) is 50.6 Å². The second-order valence-electron chi connectivity index (χ2n) is 4.84. The van der Waals surface area contributed by atoms with Crippen LogP contribution in [0.3, 0.4) is 0 Å². The topological polar surface area (TPSA) is 71.5 Å². The smallest absolute Gasteiger partial charge is 0.244 e. The van der Waals surface area contributed by atoms with E-state index in [0.29, 0.717) is 19.0 Å². The standard InChI is InChI=1S/C13H21N3O3S/c1-3-7-14-13-5-4-12(9-15-13)20(17,18)16(2)11-6-8-19-10-11/h4-5,9,11H,3,6-8,10H2,1-2H3,(H,14,15). The van der Waals surface area contributed by atoms with Gasteiger partial charge in [-0.3, -0.25) is 0 Å². The number of rotatable bonds is 6. The summed E-state index contributed by atoms with van der Waals surface area (Å²) in [6, 6.07) is 3.20. The quantitative estimate of drug-likeness (QED) is 0.857. The number of nitrogens with one attached hydrogen (secondary N) is 1. The molecule has 0 aromatic carbocycles. The average molecular weight is 299 g/mol. The highest BCUT2D eigenvalue weighted by Gasteiger charge is 2.30. The highest BCUT2D eigenvalue weighted by atomic mass is 32.2. The lowest BCUT2D eigenvalue weighted by Crippen LogP contribution is -2.37. The van der Waals surface area contributed by atoms with E-state index in [9.17, 15) is 8.42 Å². The van der Waals surface area contributed by atoms with Crippen molar-refractivity contribution in [2.24, 2.45) is 0 Å². The van der Waals surface area contributed by atoms with Crippen molar-refractivity contribution in [3.63, 3.8) is 0 Å². The van der Waals surface area contributed by atoms with Crippen molar-refractivity contribution in [3.05, 3.63) is 18.3 Å². The van der Waals surface area contributed by atoms with E-state index in [2.05, 4.69) is 17.2 Å². The summed E-state index contributed by atoms with van der Waals surface area (Å²) in [5.74, 6) is 0.692. The summed E-state index contributed by atoms with van der Waals surface area (Å²) in [5, 5.41) is 3.12. The second kappa shape index (κ2) is 6.51. The summed E-state index contributed by atoms with van der Waals surface area (Å²) in [4.78, 5) is 4.36. The number of hydrogen-bond donors (Lipinski definition) is 1. The van der Waals surface area contributed by atoms with Gasteiger partial charge in [0.15, 0.2) is 0 Å². The minimum absolute atomic E-state index is 0.0853. The molecule has 0 amide bonds. The molecular weight excluding hydrogens is 278 g/mol. The molecule has 1 atom stereocenters. The summed E-state index contributed by atoms with van der Waals surface area (Å²) in [6.07, 6.45) is 3.13. The largest absolute Gasteiger partial charge is 0.380 e. The van der Waals surface area contributed by atoms with Crippen molar-refractivity contribution in [1.29, 1.82) is 0 Å². The number of likely N-dealkylation sites (N-methyl/N-ethyl adjacent to an activating group) is 1. The Labute approximate surface area is 120 Å². The van der Waals surface area contributed by atoms with Crippen LogP contribution in [0.5, 0.6) is 0 Å². The van der Waals surface area contributed by atoms with Gasteiger partial charge >= 0.3 is 0 Å². The number of sulfonamides is 1. The highest BCUT2D eigenvalue weighted by molar-refractivity contribution is 7.89. The molecule has 7 heteroatoms. The third-order valence-electron chi connectivity index (χ3n) is 3.39. The van der Waals surface area contributed by atoms with Crippen molar-refractivity contribution in [2.45, 2.75) is 30.7 Å². The maximum atomic E-state index is 12.5. The van der Waals surface area contributed by atoms with Gasteiger partial charge in [0.2, 0.25) is 10.0 Å². The minimum Gasteiger partial charge on any atom is -0.380 e. The first kappa shape index (κ1) is 15.2. The molecule has 1 aliphatic heterocycles. The average Bonchev–Trinajstić information content (AvgIpc) is 2.98. The number of aromatic nitrogens is 1. The molecule has 0 aliphatic carbocycles. The fourth-order valence-electron chi connectivity index (χ4n) is 2.06. The van der Waals surface area contributed by atoms with Crippen molar-refractivity contribution < 1.29 is 13.2 Å². The van der Waals surface area contributed by atoms with Crippen LogP contribution in [0.4, 0.5) is 5.82 Å². The molecule has 0 saturated carbocycles. The first-order valence-electron chi connectivity index (χ1n) is 6.81. The van der Waals surface area contributed by atoms with Gasteiger partial charge in [-0.1, -0.05) is 6.92 Å². The molecule has 2 heterocycles. The molecule has 1 fully saturated rings. The van der Waals surface area contributed by atoms with Crippen LogP contribution in [0.15, 0.2) is 23.2 Å². The molecule has 1 N–H and O–H groups in total. The zero-order valence-electron chi connectivity index (χ0n) is 11.9. The van der Waals surface area contributed by atoms with Crippen LogP contribution in [0, 0.1) is 0 Å². The van der Waals surface area contributed by atoms with E-state index in [-0.39, 0.29) is 10.9 Å². The van der Waals surface area contributed by atoms with Crippen molar-refractivity contribution in [2.75, 3.05) is 32.1 Å².